The molecule has 0 fully saturated rings. The SMILES string of the molecule is Fc1ccc(Oc2ncnc3sc4c(c23)CCCC4)cc1. The first-order valence-electron chi connectivity index (χ1n) is 7.00. The number of hydrogen-bond donors (Lipinski definition) is 0. The maximum Gasteiger partial charge on any atom is 0.231 e. The average Bonchev–Trinajstić information content (AvgIpc) is 2.89. The molecule has 1 aliphatic rings. The Morgan fingerprint density at radius 3 is 2.71 bits per heavy atom. The summed E-state index contributed by atoms with van der Waals surface area (Å²) in [5.41, 5.74) is 1.33. The molecule has 0 saturated heterocycles. The minimum atomic E-state index is -0.275. The van der Waals surface area contributed by atoms with Crippen LogP contribution in [0.5, 0.6) is 11.6 Å². The van der Waals surface area contributed by atoms with Gasteiger partial charge in [-0.2, -0.15) is 0 Å². The van der Waals surface area contributed by atoms with Crippen LogP contribution in [0.15, 0.2) is 30.6 Å². The topological polar surface area (TPSA) is 35.0 Å². The Kier molecular flexibility index (Phi) is 3.07. The van der Waals surface area contributed by atoms with Crippen molar-refractivity contribution in [1.82, 2.24) is 9.97 Å². The van der Waals surface area contributed by atoms with Crippen LogP contribution in [0, 0.1) is 5.82 Å². The molecule has 4 rings (SSSR count). The number of benzene rings is 1. The van der Waals surface area contributed by atoms with Gasteiger partial charge in [0.1, 0.15) is 22.7 Å². The molecule has 21 heavy (non-hydrogen) atoms. The number of nitrogens with zero attached hydrogens (tertiary/aromatic N) is 2. The number of thiophene rings is 1. The Labute approximate surface area is 125 Å². The molecule has 0 spiro atoms. The van der Waals surface area contributed by atoms with Crippen molar-refractivity contribution in [2.24, 2.45) is 0 Å². The molecule has 0 saturated carbocycles. The van der Waals surface area contributed by atoms with Gasteiger partial charge in [-0.05, 0) is 55.5 Å². The van der Waals surface area contributed by atoms with Gasteiger partial charge in [0, 0.05) is 4.88 Å². The Bertz CT molecular complexity index is 798. The van der Waals surface area contributed by atoms with Gasteiger partial charge in [-0.1, -0.05) is 0 Å². The van der Waals surface area contributed by atoms with Crippen LogP contribution in [0.4, 0.5) is 4.39 Å². The lowest BCUT2D eigenvalue weighted by Gasteiger charge is -2.11. The molecule has 5 heteroatoms. The zero-order valence-corrected chi connectivity index (χ0v) is 12.1. The Morgan fingerprint density at radius 2 is 1.86 bits per heavy atom. The van der Waals surface area contributed by atoms with E-state index in [2.05, 4.69) is 9.97 Å². The molecule has 0 radical (unpaired) electrons. The van der Waals surface area contributed by atoms with Crippen LogP contribution in [-0.2, 0) is 12.8 Å². The van der Waals surface area contributed by atoms with Crippen molar-refractivity contribution in [1.29, 1.82) is 0 Å². The minimum absolute atomic E-state index is 0.275. The van der Waals surface area contributed by atoms with Gasteiger partial charge in [0.25, 0.3) is 0 Å². The van der Waals surface area contributed by atoms with Crippen molar-refractivity contribution in [3.8, 4) is 11.6 Å². The van der Waals surface area contributed by atoms with Gasteiger partial charge in [-0.3, -0.25) is 0 Å². The predicted molar refractivity (Wildman–Crippen MR) is 80.5 cm³/mol. The summed E-state index contributed by atoms with van der Waals surface area (Å²) in [6.45, 7) is 0. The van der Waals surface area contributed by atoms with Gasteiger partial charge in [0.05, 0.1) is 5.39 Å². The van der Waals surface area contributed by atoms with E-state index in [0.29, 0.717) is 11.6 Å². The fraction of sp³-hybridized carbons (Fsp3) is 0.250. The zero-order valence-electron chi connectivity index (χ0n) is 11.3. The van der Waals surface area contributed by atoms with Crippen molar-refractivity contribution >= 4 is 21.6 Å². The van der Waals surface area contributed by atoms with Crippen molar-refractivity contribution in [2.45, 2.75) is 25.7 Å². The molecule has 0 aliphatic heterocycles. The Morgan fingerprint density at radius 1 is 1.05 bits per heavy atom. The van der Waals surface area contributed by atoms with Crippen LogP contribution in [-0.4, -0.2) is 9.97 Å². The largest absolute Gasteiger partial charge is 0.438 e. The molecule has 3 aromatic rings. The molecule has 1 aliphatic carbocycles. The van der Waals surface area contributed by atoms with Crippen LogP contribution in [0.3, 0.4) is 0 Å². The lowest BCUT2D eigenvalue weighted by Crippen LogP contribution is -1.99. The predicted octanol–water partition coefficient (Wildman–Crippen LogP) is 4.50. The summed E-state index contributed by atoms with van der Waals surface area (Å²) in [7, 11) is 0. The highest BCUT2D eigenvalue weighted by Gasteiger charge is 2.20. The number of aryl methyl sites for hydroxylation is 2. The van der Waals surface area contributed by atoms with E-state index in [-0.39, 0.29) is 5.82 Å². The molecule has 0 atom stereocenters. The highest BCUT2D eigenvalue weighted by Crippen LogP contribution is 2.40. The van der Waals surface area contributed by atoms with Crippen LogP contribution >= 0.6 is 11.3 Å². The normalized spacial score (nSPS) is 14.1. The van der Waals surface area contributed by atoms with E-state index in [1.54, 1.807) is 23.5 Å². The Hall–Kier alpha value is -2.01. The number of ether oxygens (including phenoxy) is 1. The van der Waals surface area contributed by atoms with E-state index in [1.165, 1.54) is 41.7 Å². The molecule has 106 valence electrons. The van der Waals surface area contributed by atoms with Gasteiger partial charge >= 0.3 is 0 Å². The third-order valence-corrected chi connectivity index (χ3v) is 4.94. The highest BCUT2D eigenvalue weighted by atomic mass is 32.1. The first-order chi connectivity index (χ1) is 10.3. The summed E-state index contributed by atoms with van der Waals surface area (Å²) < 4.78 is 18.8. The van der Waals surface area contributed by atoms with Gasteiger partial charge in [0.2, 0.25) is 5.88 Å². The van der Waals surface area contributed by atoms with E-state index in [4.69, 9.17) is 4.74 Å². The summed E-state index contributed by atoms with van der Waals surface area (Å²) in [5.74, 6) is 0.890. The molecule has 0 N–H and O–H groups in total. The first kappa shape index (κ1) is 12.7. The van der Waals surface area contributed by atoms with Crippen LogP contribution < -0.4 is 4.74 Å². The number of fused-ring (bicyclic) bond motifs is 3. The van der Waals surface area contributed by atoms with Crippen LogP contribution in [0.25, 0.3) is 10.2 Å². The molecule has 2 aromatic heterocycles. The van der Waals surface area contributed by atoms with Gasteiger partial charge in [-0.15, -0.1) is 11.3 Å². The number of halogens is 1. The molecule has 0 amide bonds. The van der Waals surface area contributed by atoms with Gasteiger partial charge in [0.15, 0.2) is 0 Å². The summed E-state index contributed by atoms with van der Waals surface area (Å²) in [6, 6.07) is 6.00. The standard InChI is InChI=1S/C16H13FN2OS/c17-10-5-7-11(8-6-10)20-15-14-12-3-1-2-4-13(12)21-16(14)19-9-18-15/h5-9H,1-4H2. The third-order valence-electron chi connectivity index (χ3n) is 3.74. The summed E-state index contributed by atoms with van der Waals surface area (Å²) in [4.78, 5) is 11.0. The fourth-order valence-corrected chi connectivity index (χ4v) is 3.97. The lowest BCUT2D eigenvalue weighted by atomic mass is 9.97. The lowest BCUT2D eigenvalue weighted by molar-refractivity contribution is 0.466. The second-order valence-corrected chi connectivity index (χ2v) is 6.21. The molecule has 0 bridgehead atoms. The molecule has 2 heterocycles. The maximum absolute atomic E-state index is 13.0. The monoisotopic (exact) mass is 300 g/mol. The molecule has 3 nitrogen and oxygen atoms in total. The van der Waals surface area contributed by atoms with E-state index in [1.807, 2.05) is 0 Å². The van der Waals surface area contributed by atoms with Crippen molar-refractivity contribution in [2.75, 3.05) is 0 Å². The second-order valence-electron chi connectivity index (χ2n) is 5.13. The number of hydrogen-bond acceptors (Lipinski definition) is 4. The first-order valence-corrected chi connectivity index (χ1v) is 7.81. The number of aromatic nitrogens is 2. The van der Waals surface area contributed by atoms with Crippen molar-refractivity contribution in [3.05, 3.63) is 46.9 Å². The summed E-state index contributed by atoms with van der Waals surface area (Å²) >= 11 is 1.74. The van der Waals surface area contributed by atoms with E-state index >= 15 is 0 Å². The summed E-state index contributed by atoms with van der Waals surface area (Å²) in [6.07, 6.45) is 6.14. The molecular formula is C16H13FN2OS. The zero-order chi connectivity index (χ0) is 14.2. The van der Waals surface area contributed by atoms with Crippen molar-refractivity contribution < 1.29 is 9.13 Å². The molecule has 0 unspecified atom stereocenters. The minimum Gasteiger partial charge on any atom is -0.438 e. The molecular weight excluding hydrogens is 287 g/mol. The van der Waals surface area contributed by atoms with E-state index < -0.39 is 0 Å². The third kappa shape index (κ3) is 2.27. The molecule has 1 aromatic carbocycles. The summed E-state index contributed by atoms with van der Waals surface area (Å²) in [5, 5.41) is 1.03. The smallest absolute Gasteiger partial charge is 0.231 e. The van der Waals surface area contributed by atoms with Crippen LogP contribution in [0.2, 0.25) is 0 Å². The van der Waals surface area contributed by atoms with E-state index in [0.717, 1.165) is 23.1 Å². The average molecular weight is 300 g/mol. The van der Waals surface area contributed by atoms with E-state index in [9.17, 15) is 4.39 Å². The van der Waals surface area contributed by atoms with Crippen molar-refractivity contribution in [3.63, 3.8) is 0 Å². The van der Waals surface area contributed by atoms with Gasteiger partial charge < -0.3 is 4.74 Å². The second kappa shape index (κ2) is 5.07. The fourth-order valence-electron chi connectivity index (χ4n) is 2.75. The van der Waals surface area contributed by atoms with Crippen LogP contribution in [0.1, 0.15) is 23.3 Å². The maximum atomic E-state index is 13.0. The highest BCUT2D eigenvalue weighted by molar-refractivity contribution is 7.18. The Balaban J connectivity index is 1.81. The number of rotatable bonds is 2. The van der Waals surface area contributed by atoms with Gasteiger partial charge in [-0.25, -0.2) is 14.4 Å². The quantitative estimate of drug-likeness (QED) is 0.699.